The van der Waals surface area contributed by atoms with Crippen molar-refractivity contribution in [3.63, 3.8) is 0 Å². The quantitative estimate of drug-likeness (QED) is 0.553. The Morgan fingerprint density at radius 3 is 2.70 bits per heavy atom. The lowest BCUT2D eigenvalue weighted by molar-refractivity contribution is 0.431. The maximum absolute atomic E-state index is 13.6. The molecule has 0 aliphatic heterocycles. The molecule has 20 heavy (non-hydrogen) atoms. The van der Waals surface area contributed by atoms with Crippen molar-refractivity contribution in [2.75, 3.05) is 5.73 Å². The molecule has 3 N–H and O–H groups in total. The second kappa shape index (κ2) is 4.65. The molecule has 0 saturated carbocycles. The summed E-state index contributed by atoms with van der Waals surface area (Å²) in [5.41, 5.74) is 6.53. The summed E-state index contributed by atoms with van der Waals surface area (Å²) in [5, 5.41) is 13.3. The topological polar surface area (TPSA) is 85.2 Å². The first-order chi connectivity index (χ1) is 9.65. The van der Waals surface area contributed by atoms with E-state index in [0.717, 1.165) is 0 Å². The zero-order chi connectivity index (χ0) is 14.1. The molecule has 1 aromatic heterocycles. The summed E-state index contributed by atoms with van der Waals surface area (Å²) in [5.74, 6) is -0.180. The average Bonchev–Trinajstić information content (AvgIpc) is 2.92. The van der Waals surface area contributed by atoms with Gasteiger partial charge >= 0.3 is 0 Å². The predicted molar refractivity (Wildman–Crippen MR) is 71.2 cm³/mol. The molecule has 3 aromatic rings. The molecule has 5 nitrogen and oxygen atoms in total. The summed E-state index contributed by atoms with van der Waals surface area (Å²) < 4.78 is 18.7. The summed E-state index contributed by atoms with van der Waals surface area (Å²) in [4.78, 5) is 4.11. The second-order valence-electron chi connectivity index (χ2n) is 4.18. The zero-order valence-electron chi connectivity index (χ0n) is 10.2. The Kier molecular flexibility index (Phi) is 2.83. The maximum Gasteiger partial charge on any atom is 0.258 e. The third kappa shape index (κ3) is 2.07. The second-order valence-corrected chi connectivity index (χ2v) is 4.18. The Hall–Kier alpha value is -2.89. The molecule has 0 amide bonds. The molecule has 0 atom stereocenters. The number of rotatable bonds is 2. The van der Waals surface area contributed by atoms with Gasteiger partial charge in [-0.05, 0) is 30.3 Å². The van der Waals surface area contributed by atoms with Gasteiger partial charge in [0.15, 0.2) is 0 Å². The van der Waals surface area contributed by atoms with Crippen molar-refractivity contribution in [3.8, 4) is 28.6 Å². The molecule has 100 valence electrons. The Morgan fingerprint density at radius 2 is 1.95 bits per heavy atom. The van der Waals surface area contributed by atoms with E-state index >= 15 is 0 Å². The number of benzene rings is 2. The van der Waals surface area contributed by atoms with Crippen LogP contribution in [0.1, 0.15) is 0 Å². The highest BCUT2D eigenvalue weighted by atomic mass is 19.1. The molecule has 6 heteroatoms. The van der Waals surface area contributed by atoms with E-state index in [-0.39, 0.29) is 28.7 Å². The number of phenolic OH excluding ortho intramolecular Hbond substituents is 1. The average molecular weight is 271 g/mol. The molecule has 0 aliphatic carbocycles. The number of hydrogen-bond acceptors (Lipinski definition) is 5. The minimum absolute atomic E-state index is 0.0758. The van der Waals surface area contributed by atoms with Crippen molar-refractivity contribution in [1.29, 1.82) is 0 Å². The first kappa shape index (κ1) is 12.2. The van der Waals surface area contributed by atoms with Gasteiger partial charge in [-0.1, -0.05) is 17.3 Å². The van der Waals surface area contributed by atoms with E-state index in [1.807, 2.05) is 0 Å². The molecule has 2 aromatic carbocycles. The van der Waals surface area contributed by atoms with Crippen molar-refractivity contribution in [2.45, 2.75) is 0 Å². The van der Waals surface area contributed by atoms with Crippen molar-refractivity contribution in [1.82, 2.24) is 10.1 Å². The van der Waals surface area contributed by atoms with E-state index in [2.05, 4.69) is 10.1 Å². The number of halogens is 1. The fraction of sp³-hybridized carbons (Fsp3) is 0. The zero-order valence-corrected chi connectivity index (χ0v) is 10.2. The maximum atomic E-state index is 13.6. The Balaban J connectivity index is 2.02. The van der Waals surface area contributed by atoms with Crippen molar-refractivity contribution in [2.24, 2.45) is 0 Å². The molecule has 3 rings (SSSR count). The van der Waals surface area contributed by atoms with Gasteiger partial charge in [0, 0.05) is 5.56 Å². The molecule has 0 radical (unpaired) electrons. The number of nitrogens with zero attached hydrogens (tertiary/aromatic N) is 2. The Labute approximate surface area is 113 Å². The monoisotopic (exact) mass is 271 g/mol. The van der Waals surface area contributed by atoms with Gasteiger partial charge in [0.05, 0.1) is 11.3 Å². The van der Waals surface area contributed by atoms with Gasteiger partial charge in [-0.2, -0.15) is 4.98 Å². The van der Waals surface area contributed by atoms with E-state index in [9.17, 15) is 9.50 Å². The number of hydrogen-bond donors (Lipinski definition) is 2. The molecule has 0 spiro atoms. The van der Waals surface area contributed by atoms with E-state index < -0.39 is 5.82 Å². The van der Waals surface area contributed by atoms with Crippen LogP contribution in [0.4, 0.5) is 10.1 Å². The lowest BCUT2D eigenvalue weighted by Gasteiger charge is -1.99. The molecule has 0 aliphatic rings. The first-order valence-electron chi connectivity index (χ1n) is 5.82. The lowest BCUT2D eigenvalue weighted by Crippen LogP contribution is -1.87. The minimum atomic E-state index is -0.431. The first-order valence-corrected chi connectivity index (χ1v) is 5.82. The van der Waals surface area contributed by atoms with Gasteiger partial charge in [0.25, 0.3) is 5.89 Å². The third-order valence-corrected chi connectivity index (χ3v) is 2.82. The van der Waals surface area contributed by atoms with Crippen molar-refractivity contribution in [3.05, 3.63) is 48.3 Å². The summed E-state index contributed by atoms with van der Waals surface area (Å²) in [7, 11) is 0. The number of anilines is 1. The van der Waals surface area contributed by atoms with E-state index in [0.29, 0.717) is 5.56 Å². The SMILES string of the molecule is Nc1ccc(-c2nc(-c3ccccc3F)no2)cc1O. The van der Waals surface area contributed by atoms with Crippen LogP contribution in [-0.4, -0.2) is 15.2 Å². The number of nitrogen functional groups attached to an aromatic ring is 1. The molecule has 0 saturated heterocycles. The molecule has 1 heterocycles. The standard InChI is InChI=1S/C14H10FN3O2/c15-10-4-2-1-3-9(10)13-17-14(20-18-13)8-5-6-11(16)12(19)7-8/h1-7,19H,16H2. The minimum Gasteiger partial charge on any atom is -0.506 e. The van der Waals surface area contributed by atoms with Gasteiger partial charge in [-0.25, -0.2) is 4.39 Å². The van der Waals surface area contributed by atoms with E-state index in [1.54, 1.807) is 24.3 Å². The Morgan fingerprint density at radius 1 is 1.15 bits per heavy atom. The smallest absolute Gasteiger partial charge is 0.258 e. The fourth-order valence-corrected chi connectivity index (χ4v) is 1.77. The number of nitrogens with two attached hydrogens (primary N) is 1. The largest absolute Gasteiger partial charge is 0.506 e. The van der Waals surface area contributed by atoms with Crippen LogP contribution in [0.2, 0.25) is 0 Å². The van der Waals surface area contributed by atoms with Crippen LogP contribution >= 0.6 is 0 Å². The molecular weight excluding hydrogens is 261 g/mol. The Bertz CT molecular complexity index is 771. The molecule has 0 bridgehead atoms. The highest BCUT2D eigenvalue weighted by Crippen LogP contribution is 2.28. The molecule has 0 unspecified atom stereocenters. The highest BCUT2D eigenvalue weighted by Gasteiger charge is 2.14. The van der Waals surface area contributed by atoms with E-state index in [4.69, 9.17) is 10.3 Å². The van der Waals surface area contributed by atoms with Crippen molar-refractivity contribution < 1.29 is 14.0 Å². The van der Waals surface area contributed by atoms with Gasteiger partial charge < -0.3 is 15.4 Å². The van der Waals surface area contributed by atoms with Crippen LogP contribution in [0.3, 0.4) is 0 Å². The van der Waals surface area contributed by atoms with Crippen LogP contribution in [0.5, 0.6) is 5.75 Å². The van der Waals surface area contributed by atoms with Crippen LogP contribution in [0.25, 0.3) is 22.8 Å². The normalized spacial score (nSPS) is 10.7. The summed E-state index contributed by atoms with van der Waals surface area (Å²) in [6.45, 7) is 0. The fourth-order valence-electron chi connectivity index (χ4n) is 1.77. The summed E-state index contributed by atoms with van der Waals surface area (Å²) in [6.07, 6.45) is 0. The van der Waals surface area contributed by atoms with Crippen molar-refractivity contribution >= 4 is 5.69 Å². The summed E-state index contributed by atoms with van der Waals surface area (Å²) in [6, 6.07) is 10.7. The molecule has 0 fully saturated rings. The van der Waals surface area contributed by atoms with Gasteiger partial charge in [-0.15, -0.1) is 0 Å². The van der Waals surface area contributed by atoms with Gasteiger partial charge in [0.1, 0.15) is 11.6 Å². The number of aromatic nitrogens is 2. The van der Waals surface area contributed by atoms with Crippen LogP contribution < -0.4 is 5.73 Å². The summed E-state index contributed by atoms with van der Waals surface area (Å²) >= 11 is 0. The third-order valence-electron chi connectivity index (χ3n) is 2.82. The molecular formula is C14H10FN3O2. The van der Waals surface area contributed by atoms with Crippen LogP contribution in [0, 0.1) is 5.82 Å². The lowest BCUT2D eigenvalue weighted by atomic mass is 10.2. The number of aromatic hydroxyl groups is 1. The predicted octanol–water partition coefficient (Wildman–Crippen LogP) is 2.83. The van der Waals surface area contributed by atoms with Gasteiger partial charge in [0.2, 0.25) is 5.82 Å². The van der Waals surface area contributed by atoms with Crippen LogP contribution in [-0.2, 0) is 0 Å². The highest BCUT2D eigenvalue weighted by molar-refractivity contribution is 5.65. The van der Waals surface area contributed by atoms with Crippen LogP contribution in [0.15, 0.2) is 47.0 Å². The number of phenols is 1. The van der Waals surface area contributed by atoms with E-state index in [1.165, 1.54) is 18.2 Å². The van der Waals surface area contributed by atoms with Gasteiger partial charge in [-0.3, -0.25) is 0 Å².